The van der Waals surface area contributed by atoms with Crippen molar-refractivity contribution in [2.45, 2.75) is 26.2 Å². The summed E-state index contributed by atoms with van der Waals surface area (Å²) in [5, 5.41) is 1.66. The molecule has 0 fully saturated rings. The Hall–Kier alpha value is -1.19. The van der Waals surface area contributed by atoms with Gasteiger partial charge in [0.1, 0.15) is 5.01 Å². The molecule has 0 amide bonds. The fourth-order valence-electron chi connectivity index (χ4n) is 2.25. The zero-order valence-electron chi connectivity index (χ0n) is 10.00. The molecule has 0 saturated heterocycles. The number of carbonyl (C=O) groups is 1. The van der Waals surface area contributed by atoms with Crippen LogP contribution in [-0.4, -0.2) is 10.8 Å². The number of hydrogen-bond acceptors (Lipinski definition) is 3. The number of aromatic nitrogens is 1. The molecule has 0 radical (unpaired) electrons. The Morgan fingerprint density at radius 2 is 2.17 bits per heavy atom. The van der Waals surface area contributed by atoms with Gasteiger partial charge >= 0.3 is 0 Å². The van der Waals surface area contributed by atoms with Gasteiger partial charge in [-0.15, -0.1) is 11.3 Å². The zero-order chi connectivity index (χ0) is 12.7. The summed E-state index contributed by atoms with van der Waals surface area (Å²) >= 11 is 7.47. The molecule has 1 heterocycles. The van der Waals surface area contributed by atoms with Gasteiger partial charge in [0.15, 0.2) is 5.78 Å². The predicted octanol–water partition coefficient (Wildman–Crippen LogP) is 4.29. The van der Waals surface area contributed by atoms with Gasteiger partial charge in [-0.3, -0.25) is 4.79 Å². The van der Waals surface area contributed by atoms with Gasteiger partial charge in [-0.1, -0.05) is 17.7 Å². The first-order valence-corrected chi connectivity index (χ1v) is 7.14. The van der Waals surface area contributed by atoms with Crippen LogP contribution in [0.4, 0.5) is 0 Å². The fraction of sp³-hybridized carbons (Fsp3) is 0.286. The molecule has 0 atom stereocenters. The average molecular weight is 278 g/mol. The van der Waals surface area contributed by atoms with E-state index >= 15 is 0 Å². The number of fused-ring (bicyclic) bond motifs is 1. The number of ketones is 1. The van der Waals surface area contributed by atoms with E-state index in [-0.39, 0.29) is 5.78 Å². The van der Waals surface area contributed by atoms with Crippen molar-refractivity contribution in [1.29, 1.82) is 0 Å². The van der Waals surface area contributed by atoms with Gasteiger partial charge in [0.05, 0.1) is 10.6 Å². The molecular weight excluding hydrogens is 266 g/mol. The second-order valence-electron chi connectivity index (χ2n) is 4.53. The highest BCUT2D eigenvalue weighted by Gasteiger charge is 2.22. The van der Waals surface area contributed by atoms with Crippen molar-refractivity contribution in [1.82, 2.24) is 4.98 Å². The quantitative estimate of drug-likeness (QED) is 0.778. The zero-order valence-corrected chi connectivity index (χ0v) is 11.6. The first kappa shape index (κ1) is 11.9. The van der Waals surface area contributed by atoms with E-state index in [1.54, 1.807) is 0 Å². The lowest BCUT2D eigenvalue weighted by molar-refractivity contribution is 0.0976. The second-order valence-corrected chi connectivity index (χ2v) is 5.97. The maximum atomic E-state index is 11.8. The summed E-state index contributed by atoms with van der Waals surface area (Å²) < 4.78 is 0. The molecule has 1 aliphatic carbocycles. The van der Waals surface area contributed by atoms with Crippen molar-refractivity contribution in [3.63, 3.8) is 0 Å². The molecule has 92 valence electrons. The van der Waals surface area contributed by atoms with E-state index in [1.165, 1.54) is 11.3 Å². The molecule has 1 aromatic heterocycles. The Morgan fingerprint density at radius 3 is 2.89 bits per heavy atom. The van der Waals surface area contributed by atoms with Crippen LogP contribution in [-0.2, 0) is 6.42 Å². The molecule has 3 rings (SSSR count). The van der Waals surface area contributed by atoms with Crippen LogP contribution >= 0.6 is 22.9 Å². The summed E-state index contributed by atoms with van der Waals surface area (Å²) in [6.45, 7) is 2.02. The molecule has 2 aromatic rings. The highest BCUT2D eigenvalue weighted by atomic mass is 35.5. The molecule has 2 nitrogen and oxygen atoms in total. The molecule has 4 heteroatoms. The fourth-order valence-corrected chi connectivity index (χ4v) is 3.65. The van der Waals surface area contributed by atoms with Crippen LogP contribution in [0, 0.1) is 6.92 Å². The largest absolute Gasteiger partial charge is 0.293 e. The lowest BCUT2D eigenvalue weighted by atomic mass is 10.0. The molecular formula is C14H12ClNOS. The predicted molar refractivity (Wildman–Crippen MR) is 74.6 cm³/mol. The summed E-state index contributed by atoms with van der Waals surface area (Å²) in [5.41, 5.74) is 3.15. The Kier molecular flexibility index (Phi) is 2.96. The summed E-state index contributed by atoms with van der Waals surface area (Å²) in [6, 6.07) is 5.78. The number of Topliss-reactive ketones (excluding diaryl/α,β-unsaturated/α-hetero) is 1. The molecule has 0 unspecified atom stereocenters. The SMILES string of the molecule is Cc1cc(Cl)ccc1-c1nc2c(s1)C(=O)CCC2. The minimum absolute atomic E-state index is 0.242. The number of rotatable bonds is 1. The average Bonchev–Trinajstić information content (AvgIpc) is 2.74. The normalized spacial score (nSPS) is 14.7. The van der Waals surface area contributed by atoms with Crippen molar-refractivity contribution in [3.8, 4) is 10.6 Å². The number of nitrogens with zero attached hydrogens (tertiary/aromatic N) is 1. The number of thiazole rings is 1. The van der Waals surface area contributed by atoms with Gasteiger partial charge in [-0.25, -0.2) is 4.98 Å². The van der Waals surface area contributed by atoms with Crippen molar-refractivity contribution < 1.29 is 4.79 Å². The highest BCUT2D eigenvalue weighted by molar-refractivity contribution is 7.17. The molecule has 0 aliphatic heterocycles. The highest BCUT2D eigenvalue weighted by Crippen LogP contribution is 2.34. The number of aryl methyl sites for hydroxylation is 2. The van der Waals surface area contributed by atoms with Gasteiger partial charge in [0.25, 0.3) is 0 Å². The van der Waals surface area contributed by atoms with Crippen molar-refractivity contribution in [3.05, 3.63) is 39.4 Å². The number of carbonyl (C=O) groups excluding carboxylic acids is 1. The standard InChI is InChI=1S/C14H12ClNOS/c1-8-7-9(15)5-6-10(8)14-16-11-3-2-4-12(17)13(11)18-14/h5-7H,2-4H2,1H3. The first-order valence-electron chi connectivity index (χ1n) is 5.94. The molecule has 1 aromatic carbocycles. The van der Waals surface area contributed by atoms with Crippen LogP contribution in [0.25, 0.3) is 10.6 Å². The molecule has 0 N–H and O–H groups in total. The second kappa shape index (κ2) is 4.48. The molecule has 1 aliphatic rings. The Labute approximate surface area is 115 Å². The summed E-state index contributed by atoms with van der Waals surface area (Å²) in [5.74, 6) is 0.242. The summed E-state index contributed by atoms with van der Waals surface area (Å²) in [6.07, 6.45) is 2.51. The van der Waals surface area contributed by atoms with Crippen LogP contribution in [0.5, 0.6) is 0 Å². The summed E-state index contributed by atoms with van der Waals surface area (Å²) in [4.78, 5) is 17.3. The van der Waals surface area contributed by atoms with Gasteiger partial charge in [0, 0.05) is 17.0 Å². The maximum absolute atomic E-state index is 11.8. The van der Waals surface area contributed by atoms with E-state index in [0.29, 0.717) is 6.42 Å². The smallest absolute Gasteiger partial charge is 0.174 e. The number of halogens is 1. The topological polar surface area (TPSA) is 30.0 Å². The Balaban J connectivity index is 2.10. The monoisotopic (exact) mass is 277 g/mol. The van der Waals surface area contributed by atoms with Crippen LogP contribution in [0.3, 0.4) is 0 Å². The van der Waals surface area contributed by atoms with Gasteiger partial charge in [0.2, 0.25) is 0 Å². The van der Waals surface area contributed by atoms with Crippen molar-refractivity contribution >= 4 is 28.7 Å². The van der Waals surface area contributed by atoms with Gasteiger partial charge in [-0.05, 0) is 37.5 Å². The maximum Gasteiger partial charge on any atom is 0.174 e. The van der Waals surface area contributed by atoms with Crippen LogP contribution in [0.2, 0.25) is 5.02 Å². The lowest BCUT2D eigenvalue weighted by Gasteiger charge is -2.06. The van der Waals surface area contributed by atoms with E-state index < -0.39 is 0 Å². The lowest BCUT2D eigenvalue weighted by Crippen LogP contribution is -2.07. The molecule has 0 bridgehead atoms. The molecule has 18 heavy (non-hydrogen) atoms. The minimum Gasteiger partial charge on any atom is -0.293 e. The van der Waals surface area contributed by atoms with E-state index in [2.05, 4.69) is 4.98 Å². The third-order valence-electron chi connectivity index (χ3n) is 3.19. The van der Waals surface area contributed by atoms with E-state index in [4.69, 9.17) is 11.6 Å². The van der Waals surface area contributed by atoms with Crippen molar-refractivity contribution in [2.75, 3.05) is 0 Å². The molecule has 0 spiro atoms. The van der Waals surface area contributed by atoms with Crippen LogP contribution in [0.1, 0.15) is 33.8 Å². The van der Waals surface area contributed by atoms with Crippen molar-refractivity contribution in [2.24, 2.45) is 0 Å². The van der Waals surface area contributed by atoms with Gasteiger partial charge in [-0.2, -0.15) is 0 Å². The third kappa shape index (κ3) is 1.98. The van der Waals surface area contributed by atoms with E-state index in [1.807, 2.05) is 25.1 Å². The van der Waals surface area contributed by atoms with Crippen LogP contribution in [0.15, 0.2) is 18.2 Å². The van der Waals surface area contributed by atoms with Crippen LogP contribution < -0.4 is 0 Å². The molecule has 0 saturated carbocycles. The van der Waals surface area contributed by atoms with E-state index in [9.17, 15) is 4.79 Å². The van der Waals surface area contributed by atoms with Gasteiger partial charge < -0.3 is 0 Å². The first-order chi connectivity index (χ1) is 8.65. The Bertz CT molecular complexity index is 633. The number of benzene rings is 1. The number of hydrogen-bond donors (Lipinski definition) is 0. The van der Waals surface area contributed by atoms with E-state index in [0.717, 1.165) is 44.6 Å². The summed E-state index contributed by atoms with van der Waals surface area (Å²) in [7, 11) is 0. The Morgan fingerprint density at radius 1 is 1.33 bits per heavy atom. The third-order valence-corrected chi connectivity index (χ3v) is 4.59. The minimum atomic E-state index is 0.242.